The van der Waals surface area contributed by atoms with Crippen molar-refractivity contribution in [2.24, 2.45) is 0 Å². The summed E-state index contributed by atoms with van der Waals surface area (Å²) in [5.41, 5.74) is 0.486. The van der Waals surface area contributed by atoms with Crippen molar-refractivity contribution in [1.29, 1.82) is 0 Å². The highest BCUT2D eigenvalue weighted by Crippen LogP contribution is 2.27. The summed E-state index contributed by atoms with van der Waals surface area (Å²) in [5, 5.41) is 25.4. The monoisotopic (exact) mass is 356 g/mol. The fourth-order valence-corrected chi connectivity index (χ4v) is 2.06. The molecule has 0 unspecified atom stereocenters. The van der Waals surface area contributed by atoms with Crippen LogP contribution in [0, 0.1) is 10.1 Å². The molecule has 21 heavy (non-hydrogen) atoms. The summed E-state index contributed by atoms with van der Waals surface area (Å²) in [5.74, 6) is 0.558. The number of aromatic nitrogens is 4. The van der Waals surface area contributed by atoms with Gasteiger partial charge in [0.15, 0.2) is 5.82 Å². The molecule has 0 radical (unpaired) electrons. The van der Waals surface area contributed by atoms with Gasteiger partial charge in [-0.3, -0.25) is 10.1 Å². The Kier molecular flexibility index (Phi) is 5.31. The molecule has 10 heteroatoms. The Morgan fingerprint density at radius 1 is 1.52 bits per heavy atom. The van der Waals surface area contributed by atoms with Crippen LogP contribution in [0.25, 0.3) is 5.69 Å². The second-order valence-corrected chi connectivity index (χ2v) is 4.92. The normalized spacial score (nSPS) is 10.8. The van der Waals surface area contributed by atoms with Crippen LogP contribution in [0.1, 0.15) is 5.82 Å². The number of nitro benzene ring substituents is 1. The van der Waals surface area contributed by atoms with Crippen molar-refractivity contribution in [3.63, 3.8) is 0 Å². The second-order valence-electron chi connectivity index (χ2n) is 4.07. The molecule has 0 amide bonds. The lowest BCUT2D eigenvalue weighted by atomic mass is 10.3. The minimum Gasteiger partial charge on any atom is -0.383 e. The van der Waals surface area contributed by atoms with E-state index in [1.54, 1.807) is 19.2 Å². The molecule has 1 aromatic carbocycles. The lowest BCUT2D eigenvalue weighted by molar-refractivity contribution is -0.385. The highest BCUT2D eigenvalue weighted by molar-refractivity contribution is 9.10. The highest BCUT2D eigenvalue weighted by Gasteiger charge is 2.15. The zero-order valence-electron chi connectivity index (χ0n) is 11.2. The van der Waals surface area contributed by atoms with Gasteiger partial charge in [0, 0.05) is 19.7 Å². The van der Waals surface area contributed by atoms with Crippen molar-refractivity contribution in [3.8, 4) is 5.69 Å². The Morgan fingerprint density at radius 3 is 3.05 bits per heavy atom. The number of ether oxygens (including phenoxy) is 1. The molecule has 0 bridgehead atoms. The molecule has 0 aliphatic rings. The van der Waals surface area contributed by atoms with Gasteiger partial charge in [0.2, 0.25) is 0 Å². The number of nitrogens with zero attached hydrogens (tertiary/aromatic N) is 5. The van der Waals surface area contributed by atoms with Crippen LogP contribution in [0.5, 0.6) is 0 Å². The number of benzene rings is 1. The van der Waals surface area contributed by atoms with Gasteiger partial charge in [-0.05, 0) is 38.5 Å². The van der Waals surface area contributed by atoms with Crippen LogP contribution in [-0.4, -0.2) is 45.4 Å². The van der Waals surface area contributed by atoms with E-state index in [9.17, 15) is 10.1 Å². The van der Waals surface area contributed by atoms with Crippen molar-refractivity contribution >= 4 is 21.6 Å². The molecule has 1 aromatic heterocycles. The molecule has 9 nitrogen and oxygen atoms in total. The summed E-state index contributed by atoms with van der Waals surface area (Å²) in [6.07, 6.45) is 0. The van der Waals surface area contributed by atoms with E-state index in [4.69, 9.17) is 4.74 Å². The van der Waals surface area contributed by atoms with Gasteiger partial charge in [0.05, 0.1) is 28.2 Å². The van der Waals surface area contributed by atoms with Crippen molar-refractivity contribution < 1.29 is 9.66 Å². The molecule has 0 fully saturated rings. The Morgan fingerprint density at radius 2 is 2.33 bits per heavy atom. The number of hydrogen-bond donors (Lipinski definition) is 1. The Balaban J connectivity index is 2.21. The van der Waals surface area contributed by atoms with Gasteiger partial charge in [-0.15, -0.1) is 5.10 Å². The molecule has 0 aliphatic heterocycles. The summed E-state index contributed by atoms with van der Waals surface area (Å²) < 4.78 is 6.79. The van der Waals surface area contributed by atoms with E-state index in [1.165, 1.54) is 10.7 Å². The molecule has 0 saturated carbocycles. The first-order valence-corrected chi connectivity index (χ1v) is 6.84. The SMILES string of the molecule is COCCNCc1nnnn1-c1ccc(Br)c([N+](=O)[O-])c1. The van der Waals surface area contributed by atoms with Crippen LogP contribution in [0.15, 0.2) is 22.7 Å². The molecule has 1 N–H and O–H groups in total. The average Bonchev–Trinajstić information content (AvgIpc) is 2.92. The van der Waals surface area contributed by atoms with Crippen LogP contribution >= 0.6 is 15.9 Å². The molecule has 1 heterocycles. The number of tetrazole rings is 1. The summed E-state index contributed by atoms with van der Waals surface area (Å²) in [6, 6.07) is 4.71. The Hall–Kier alpha value is -1.91. The van der Waals surface area contributed by atoms with Crippen molar-refractivity contribution in [3.05, 3.63) is 38.6 Å². The zero-order chi connectivity index (χ0) is 15.2. The first-order chi connectivity index (χ1) is 10.1. The smallest absolute Gasteiger partial charge is 0.285 e. The molecular formula is C11H13BrN6O3. The first kappa shape index (κ1) is 15.5. The average molecular weight is 357 g/mol. The van der Waals surface area contributed by atoms with Crippen molar-refractivity contribution in [2.75, 3.05) is 20.3 Å². The van der Waals surface area contributed by atoms with Crippen molar-refractivity contribution in [1.82, 2.24) is 25.5 Å². The summed E-state index contributed by atoms with van der Waals surface area (Å²) in [7, 11) is 1.62. The minimum absolute atomic E-state index is 0.0405. The Labute approximate surface area is 128 Å². The van der Waals surface area contributed by atoms with Gasteiger partial charge in [-0.2, -0.15) is 4.68 Å². The predicted octanol–water partition coefficient (Wildman–Crippen LogP) is 1.07. The molecule has 0 aliphatic carbocycles. The maximum absolute atomic E-state index is 11.0. The summed E-state index contributed by atoms with van der Waals surface area (Å²) in [6.45, 7) is 1.66. The van der Waals surface area contributed by atoms with Crippen LogP contribution in [0.3, 0.4) is 0 Å². The Bertz CT molecular complexity index is 632. The van der Waals surface area contributed by atoms with Crippen LogP contribution < -0.4 is 5.32 Å². The zero-order valence-corrected chi connectivity index (χ0v) is 12.8. The molecule has 2 aromatic rings. The van der Waals surface area contributed by atoms with E-state index in [0.717, 1.165) is 0 Å². The largest absolute Gasteiger partial charge is 0.383 e. The summed E-state index contributed by atoms with van der Waals surface area (Å²) in [4.78, 5) is 10.5. The van der Waals surface area contributed by atoms with E-state index in [2.05, 4.69) is 36.8 Å². The van der Waals surface area contributed by atoms with Crippen LogP contribution in [0.2, 0.25) is 0 Å². The van der Waals surface area contributed by atoms with Gasteiger partial charge in [0.25, 0.3) is 5.69 Å². The van der Waals surface area contributed by atoms with Gasteiger partial charge in [0.1, 0.15) is 0 Å². The molecule has 0 spiro atoms. The lowest BCUT2D eigenvalue weighted by Crippen LogP contribution is -2.21. The number of nitro groups is 1. The van der Waals surface area contributed by atoms with E-state index < -0.39 is 4.92 Å². The molecule has 0 saturated heterocycles. The number of hydrogen-bond acceptors (Lipinski definition) is 7. The van der Waals surface area contributed by atoms with E-state index in [1.807, 2.05) is 0 Å². The molecule has 112 valence electrons. The third kappa shape index (κ3) is 3.80. The maximum atomic E-state index is 11.0. The number of nitrogens with one attached hydrogen (secondary N) is 1. The van der Waals surface area contributed by atoms with Gasteiger partial charge in [-0.1, -0.05) is 0 Å². The lowest BCUT2D eigenvalue weighted by Gasteiger charge is -2.06. The van der Waals surface area contributed by atoms with E-state index in [0.29, 0.717) is 35.7 Å². The fraction of sp³-hybridized carbons (Fsp3) is 0.364. The predicted molar refractivity (Wildman–Crippen MR) is 77.1 cm³/mol. The van der Waals surface area contributed by atoms with Crippen molar-refractivity contribution in [2.45, 2.75) is 6.54 Å². The molecule has 0 atom stereocenters. The van der Waals surface area contributed by atoms with Gasteiger partial charge >= 0.3 is 0 Å². The molecule has 2 rings (SSSR count). The highest BCUT2D eigenvalue weighted by atomic mass is 79.9. The number of methoxy groups -OCH3 is 1. The fourth-order valence-electron chi connectivity index (χ4n) is 1.66. The van der Waals surface area contributed by atoms with E-state index in [-0.39, 0.29) is 5.69 Å². The maximum Gasteiger partial charge on any atom is 0.285 e. The first-order valence-electron chi connectivity index (χ1n) is 6.04. The summed E-state index contributed by atoms with van der Waals surface area (Å²) >= 11 is 3.14. The molecular weight excluding hydrogens is 344 g/mol. The number of halogens is 1. The quantitative estimate of drug-likeness (QED) is 0.449. The standard InChI is InChI=1S/C11H13BrN6O3/c1-21-5-4-13-7-11-14-15-16-17(11)8-2-3-9(12)10(6-8)18(19)20/h2-3,6,13H,4-5,7H2,1H3. The van der Waals surface area contributed by atoms with Crippen LogP contribution in [0.4, 0.5) is 5.69 Å². The van der Waals surface area contributed by atoms with Gasteiger partial charge < -0.3 is 10.1 Å². The number of rotatable bonds is 7. The minimum atomic E-state index is -0.464. The topological polar surface area (TPSA) is 108 Å². The second kappa shape index (κ2) is 7.20. The van der Waals surface area contributed by atoms with E-state index >= 15 is 0 Å². The van der Waals surface area contributed by atoms with Crippen LogP contribution in [-0.2, 0) is 11.3 Å². The van der Waals surface area contributed by atoms with Gasteiger partial charge in [-0.25, -0.2) is 0 Å². The third-order valence-corrected chi connectivity index (χ3v) is 3.34. The third-order valence-electron chi connectivity index (χ3n) is 2.67.